The molecule has 0 aliphatic rings. The molecule has 0 aromatic heterocycles. The molecule has 2 aromatic rings. The Balaban J connectivity index is 1.93. The molecule has 0 bridgehead atoms. The largest absolute Gasteiger partial charge is 0.478 e. The smallest absolute Gasteiger partial charge is 0.335 e. The van der Waals surface area contributed by atoms with Crippen molar-refractivity contribution in [2.75, 3.05) is 0 Å². The standard InChI is InChI=1S/C24H28O3Si/c1-24(2,3)28(4,5)27-18-21-12-10-19(11-13-21)8-6-7-9-20-14-16-22(17-15-20)23(25)26/h7,9-17H,18H2,1-5H3,(H,25,26). The molecule has 0 saturated carbocycles. The second-order valence-corrected chi connectivity index (χ2v) is 13.1. The lowest BCUT2D eigenvalue weighted by Gasteiger charge is -2.36. The van der Waals surface area contributed by atoms with Crippen molar-refractivity contribution >= 4 is 20.4 Å². The van der Waals surface area contributed by atoms with Gasteiger partial charge in [-0.2, -0.15) is 0 Å². The van der Waals surface area contributed by atoms with E-state index in [2.05, 4.69) is 57.8 Å². The summed E-state index contributed by atoms with van der Waals surface area (Å²) in [7, 11) is -1.74. The Kier molecular flexibility index (Phi) is 7.01. The van der Waals surface area contributed by atoms with E-state index in [1.807, 2.05) is 18.2 Å². The van der Waals surface area contributed by atoms with Gasteiger partial charge in [0.05, 0.1) is 12.2 Å². The third kappa shape index (κ3) is 6.23. The van der Waals surface area contributed by atoms with Crippen LogP contribution in [0.25, 0.3) is 6.08 Å². The highest BCUT2D eigenvalue weighted by atomic mass is 28.4. The number of benzene rings is 2. The van der Waals surface area contributed by atoms with E-state index in [1.54, 1.807) is 30.3 Å². The van der Waals surface area contributed by atoms with Crippen LogP contribution in [0.4, 0.5) is 0 Å². The SMILES string of the molecule is CC(C)(C)[Si](C)(C)OCc1ccc(C#CC=Cc2ccc(C(=O)O)cc2)cc1. The number of hydrogen-bond donors (Lipinski definition) is 1. The lowest BCUT2D eigenvalue weighted by molar-refractivity contribution is 0.0697. The molecule has 0 radical (unpaired) electrons. The van der Waals surface area contributed by atoms with Gasteiger partial charge in [0.15, 0.2) is 8.32 Å². The molecule has 0 amide bonds. The van der Waals surface area contributed by atoms with Crippen molar-refractivity contribution in [1.29, 1.82) is 0 Å². The summed E-state index contributed by atoms with van der Waals surface area (Å²) in [6, 6.07) is 14.8. The number of allylic oxidation sites excluding steroid dienone is 1. The number of carboxylic acid groups (broad SMARTS) is 1. The Morgan fingerprint density at radius 1 is 1.07 bits per heavy atom. The van der Waals surface area contributed by atoms with Crippen LogP contribution in [0, 0.1) is 11.8 Å². The fourth-order valence-corrected chi connectivity index (χ4v) is 3.12. The second kappa shape index (κ2) is 9.05. The van der Waals surface area contributed by atoms with Crippen LogP contribution in [0.1, 0.15) is 47.8 Å². The van der Waals surface area contributed by atoms with Crippen molar-refractivity contribution in [1.82, 2.24) is 0 Å². The van der Waals surface area contributed by atoms with Gasteiger partial charge in [0.2, 0.25) is 0 Å². The van der Waals surface area contributed by atoms with E-state index in [0.29, 0.717) is 6.61 Å². The number of hydrogen-bond acceptors (Lipinski definition) is 2. The topological polar surface area (TPSA) is 46.5 Å². The summed E-state index contributed by atoms with van der Waals surface area (Å²) in [5.41, 5.74) is 3.30. The van der Waals surface area contributed by atoms with Crippen molar-refractivity contribution in [3.63, 3.8) is 0 Å². The molecule has 2 rings (SSSR count). The summed E-state index contributed by atoms with van der Waals surface area (Å²) in [5, 5.41) is 9.10. The molecule has 0 unspecified atom stereocenters. The Bertz CT molecular complexity index is 890. The quantitative estimate of drug-likeness (QED) is 0.503. The lowest BCUT2D eigenvalue weighted by atomic mass is 10.1. The van der Waals surface area contributed by atoms with Crippen molar-refractivity contribution in [3.8, 4) is 11.8 Å². The first-order chi connectivity index (χ1) is 13.1. The van der Waals surface area contributed by atoms with Crippen LogP contribution in [0.2, 0.25) is 18.1 Å². The molecule has 4 heteroatoms. The molecular weight excluding hydrogens is 364 g/mol. The van der Waals surface area contributed by atoms with E-state index in [9.17, 15) is 4.79 Å². The van der Waals surface area contributed by atoms with Gasteiger partial charge in [0.1, 0.15) is 0 Å². The molecule has 0 aliphatic carbocycles. The van der Waals surface area contributed by atoms with E-state index in [4.69, 9.17) is 9.53 Å². The number of carbonyl (C=O) groups is 1. The van der Waals surface area contributed by atoms with Gasteiger partial charge >= 0.3 is 5.97 Å². The maximum atomic E-state index is 10.8. The van der Waals surface area contributed by atoms with Crippen LogP contribution < -0.4 is 0 Å². The Morgan fingerprint density at radius 2 is 1.68 bits per heavy atom. The summed E-state index contributed by atoms with van der Waals surface area (Å²) >= 11 is 0. The summed E-state index contributed by atoms with van der Waals surface area (Å²) < 4.78 is 6.25. The van der Waals surface area contributed by atoms with E-state index in [-0.39, 0.29) is 10.6 Å². The summed E-state index contributed by atoms with van der Waals surface area (Å²) in [6.07, 6.45) is 3.63. The van der Waals surface area contributed by atoms with Crippen molar-refractivity contribution in [2.45, 2.75) is 45.5 Å². The van der Waals surface area contributed by atoms with E-state index >= 15 is 0 Å². The first-order valence-corrected chi connectivity index (χ1v) is 12.2. The first-order valence-electron chi connectivity index (χ1n) is 9.33. The monoisotopic (exact) mass is 392 g/mol. The minimum Gasteiger partial charge on any atom is -0.478 e. The van der Waals surface area contributed by atoms with Gasteiger partial charge in [-0.05, 0) is 65.7 Å². The number of aromatic carboxylic acids is 1. The van der Waals surface area contributed by atoms with Crippen LogP contribution in [-0.4, -0.2) is 19.4 Å². The molecule has 146 valence electrons. The fourth-order valence-electron chi connectivity index (χ4n) is 2.16. The zero-order chi connectivity index (χ0) is 20.8. The molecule has 0 spiro atoms. The van der Waals surface area contributed by atoms with Gasteiger partial charge in [-0.25, -0.2) is 4.79 Å². The van der Waals surface area contributed by atoms with Gasteiger partial charge < -0.3 is 9.53 Å². The Hall–Kier alpha value is -2.61. The van der Waals surface area contributed by atoms with Crippen LogP contribution in [0.15, 0.2) is 54.6 Å². The molecular formula is C24H28O3Si. The highest BCUT2D eigenvalue weighted by molar-refractivity contribution is 6.74. The zero-order valence-electron chi connectivity index (χ0n) is 17.2. The van der Waals surface area contributed by atoms with Gasteiger partial charge in [-0.3, -0.25) is 0 Å². The predicted molar refractivity (Wildman–Crippen MR) is 118 cm³/mol. The molecule has 28 heavy (non-hydrogen) atoms. The molecule has 3 nitrogen and oxygen atoms in total. The lowest BCUT2D eigenvalue weighted by Crippen LogP contribution is -2.40. The van der Waals surface area contributed by atoms with Crippen LogP contribution in [0.3, 0.4) is 0 Å². The molecule has 1 N–H and O–H groups in total. The van der Waals surface area contributed by atoms with Gasteiger partial charge in [-0.1, -0.05) is 56.9 Å². The predicted octanol–water partition coefficient (Wildman–Crippen LogP) is 5.97. The van der Waals surface area contributed by atoms with Crippen LogP contribution >= 0.6 is 0 Å². The number of rotatable bonds is 5. The normalized spacial score (nSPS) is 11.9. The summed E-state index contributed by atoms with van der Waals surface area (Å²) in [5.74, 6) is 5.19. The van der Waals surface area contributed by atoms with E-state index < -0.39 is 14.3 Å². The molecule has 0 fully saturated rings. The first kappa shape index (κ1) is 21.7. The van der Waals surface area contributed by atoms with Gasteiger partial charge in [0.25, 0.3) is 0 Å². The fraction of sp³-hybridized carbons (Fsp3) is 0.292. The highest BCUT2D eigenvalue weighted by Crippen LogP contribution is 2.37. The summed E-state index contributed by atoms with van der Waals surface area (Å²) in [6.45, 7) is 11.9. The molecule has 2 aromatic carbocycles. The number of carboxylic acids is 1. The third-order valence-corrected chi connectivity index (χ3v) is 9.57. The third-order valence-electron chi connectivity index (χ3n) is 5.09. The minimum atomic E-state index is -1.74. The molecule has 0 atom stereocenters. The van der Waals surface area contributed by atoms with Gasteiger partial charge in [0, 0.05) is 5.56 Å². The highest BCUT2D eigenvalue weighted by Gasteiger charge is 2.36. The van der Waals surface area contributed by atoms with Crippen molar-refractivity contribution < 1.29 is 14.3 Å². The Morgan fingerprint density at radius 3 is 2.21 bits per heavy atom. The average molecular weight is 393 g/mol. The molecule has 0 aliphatic heterocycles. The van der Waals surface area contributed by atoms with Crippen molar-refractivity contribution in [2.24, 2.45) is 0 Å². The zero-order valence-corrected chi connectivity index (χ0v) is 18.2. The van der Waals surface area contributed by atoms with Crippen molar-refractivity contribution in [3.05, 3.63) is 76.9 Å². The maximum Gasteiger partial charge on any atom is 0.335 e. The molecule has 0 heterocycles. The van der Waals surface area contributed by atoms with Gasteiger partial charge in [-0.15, -0.1) is 0 Å². The summed E-state index contributed by atoms with van der Waals surface area (Å²) in [4.78, 5) is 10.8. The maximum absolute atomic E-state index is 10.8. The van der Waals surface area contributed by atoms with E-state index in [0.717, 1.165) is 16.7 Å². The minimum absolute atomic E-state index is 0.207. The van der Waals surface area contributed by atoms with E-state index in [1.165, 1.54) is 0 Å². The molecule has 0 saturated heterocycles. The average Bonchev–Trinajstić information content (AvgIpc) is 2.64. The second-order valence-electron chi connectivity index (χ2n) is 8.28. The Labute approximate surface area is 169 Å². The van der Waals surface area contributed by atoms with Crippen LogP contribution in [-0.2, 0) is 11.0 Å². The van der Waals surface area contributed by atoms with Crippen LogP contribution in [0.5, 0.6) is 0 Å².